The van der Waals surface area contributed by atoms with Gasteiger partial charge in [-0.15, -0.1) is 0 Å². The van der Waals surface area contributed by atoms with Gasteiger partial charge in [-0.25, -0.2) is 18.3 Å². The zero-order chi connectivity index (χ0) is 23.0. The van der Waals surface area contributed by atoms with E-state index in [9.17, 15) is 18.4 Å². The molecule has 1 saturated heterocycles. The number of nitrogens with zero attached hydrogens (tertiary/aromatic N) is 5. The molecule has 2 atom stereocenters. The first kappa shape index (κ1) is 21.8. The molecular weight excluding hydrogens is 418 g/mol. The summed E-state index contributed by atoms with van der Waals surface area (Å²) in [6.45, 7) is -0.676. The fourth-order valence-electron chi connectivity index (χ4n) is 3.96. The summed E-state index contributed by atoms with van der Waals surface area (Å²) in [5, 5.41) is 4.13. The molecule has 0 saturated carbocycles. The molecule has 3 N–H and O–H groups in total. The fourth-order valence-corrected chi connectivity index (χ4v) is 3.96. The molecular formula is C22H25F2N6O2+. The van der Waals surface area contributed by atoms with Crippen molar-refractivity contribution >= 4 is 17.5 Å². The first-order valence-electron chi connectivity index (χ1n) is 10.3. The van der Waals surface area contributed by atoms with Crippen LogP contribution < -0.4 is 5.73 Å². The Kier molecular flexibility index (Phi) is 5.64. The van der Waals surface area contributed by atoms with Crippen molar-refractivity contribution in [2.45, 2.75) is 24.3 Å². The second-order valence-electron chi connectivity index (χ2n) is 8.25. The molecule has 0 bridgehead atoms. The minimum atomic E-state index is -2.90. The summed E-state index contributed by atoms with van der Waals surface area (Å²) < 4.78 is 28.9. The molecule has 2 aromatic heterocycles. The number of hydrogen-bond acceptors (Lipinski definition) is 4. The lowest BCUT2D eigenvalue weighted by atomic mass is 9.89. The number of carbonyl (C=O) groups is 2. The van der Waals surface area contributed by atoms with E-state index in [2.05, 4.69) is 15.8 Å². The van der Waals surface area contributed by atoms with Gasteiger partial charge in [0.25, 0.3) is 11.8 Å². The highest BCUT2D eigenvalue weighted by Gasteiger charge is 2.45. The molecule has 0 aliphatic carbocycles. The van der Waals surface area contributed by atoms with Crippen molar-refractivity contribution in [3.63, 3.8) is 0 Å². The molecule has 0 spiro atoms. The Balaban J connectivity index is 1.61. The van der Waals surface area contributed by atoms with Crippen molar-refractivity contribution in [2.24, 2.45) is 0 Å². The number of hydrogen-bond donors (Lipinski definition) is 1. The highest BCUT2D eigenvalue weighted by atomic mass is 19.3. The molecule has 1 aromatic carbocycles. The van der Waals surface area contributed by atoms with Crippen LogP contribution in [0.1, 0.15) is 17.9 Å². The first-order valence-corrected chi connectivity index (χ1v) is 10.3. The number of benzene rings is 1. The van der Waals surface area contributed by atoms with Gasteiger partial charge >= 0.3 is 0 Å². The lowest BCUT2D eigenvalue weighted by Gasteiger charge is -2.26. The number of alkyl halides is 2. The normalized spacial score (nSPS) is 17.3. The van der Waals surface area contributed by atoms with Gasteiger partial charge in [0.1, 0.15) is 5.92 Å². The second kappa shape index (κ2) is 8.27. The van der Waals surface area contributed by atoms with Gasteiger partial charge in [0.15, 0.2) is 11.7 Å². The van der Waals surface area contributed by atoms with E-state index in [0.717, 1.165) is 16.2 Å². The highest BCUT2D eigenvalue weighted by Crippen LogP contribution is 2.30. The number of fused-ring (bicyclic) bond motifs is 1. The number of carbonyl (C=O) groups excluding carboxylic acids is 2. The number of rotatable bonds is 5. The Bertz CT molecular complexity index is 1140. The molecule has 3 heterocycles. The topological polar surface area (TPSA) is 98.5 Å². The molecule has 0 radical (unpaired) electrons. The van der Waals surface area contributed by atoms with E-state index in [4.69, 9.17) is 0 Å². The van der Waals surface area contributed by atoms with Crippen LogP contribution in [0.5, 0.6) is 0 Å². The third kappa shape index (κ3) is 4.18. The molecule has 1 aliphatic heterocycles. The molecule has 1 aliphatic rings. The third-order valence-electron chi connectivity index (χ3n) is 5.73. The summed E-state index contributed by atoms with van der Waals surface area (Å²) in [6, 6.07) is 9.76. The second-order valence-corrected chi connectivity index (χ2v) is 8.25. The number of amides is 2. The van der Waals surface area contributed by atoms with Gasteiger partial charge in [-0.1, -0.05) is 24.3 Å². The molecule has 10 heteroatoms. The van der Waals surface area contributed by atoms with Crippen LogP contribution in [0.15, 0.2) is 48.8 Å². The van der Waals surface area contributed by atoms with E-state index in [1.807, 2.05) is 18.2 Å². The van der Waals surface area contributed by atoms with Crippen molar-refractivity contribution in [3.8, 4) is 11.3 Å². The van der Waals surface area contributed by atoms with Crippen LogP contribution in [0.2, 0.25) is 0 Å². The number of quaternary nitrogens is 1. The van der Waals surface area contributed by atoms with Crippen LogP contribution >= 0.6 is 0 Å². The van der Waals surface area contributed by atoms with Crippen molar-refractivity contribution in [3.05, 3.63) is 54.4 Å². The maximum Gasteiger partial charge on any atom is 0.282 e. The maximum absolute atomic E-state index is 13.6. The van der Waals surface area contributed by atoms with Gasteiger partial charge in [0.2, 0.25) is 5.91 Å². The smallest absolute Gasteiger partial charge is 0.282 e. The fraction of sp³-hybridized carbons (Fsp3) is 0.364. The Labute approximate surface area is 183 Å². The van der Waals surface area contributed by atoms with Crippen LogP contribution in [0.3, 0.4) is 0 Å². The van der Waals surface area contributed by atoms with Crippen molar-refractivity contribution < 1.29 is 24.1 Å². The molecule has 1 fully saturated rings. The van der Waals surface area contributed by atoms with Gasteiger partial charge in [-0.05, 0) is 11.6 Å². The molecule has 0 unspecified atom stereocenters. The zero-order valence-electron chi connectivity index (χ0n) is 17.9. The predicted molar refractivity (Wildman–Crippen MR) is 113 cm³/mol. The lowest BCUT2D eigenvalue weighted by Crippen LogP contribution is -2.71. The summed E-state index contributed by atoms with van der Waals surface area (Å²) in [5.41, 5.74) is 6.79. The van der Waals surface area contributed by atoms with E-state index in [1.165, 1.54) is 4.90 Å². The largest absolute Gasteiger partial charge is 0.348 e. The van der Waals surface area contributed by atoms with Gasteiger partial charge in [-0.2, -0.15) is 5.10 Å². The van der Waals surface area contributed by atoms with Crippen molar-refractivity contribution in [1.82, 2.24) is 24.4 Å². The Morgan fingerprint density at radius 3 is 2.50 bits per heavy atom. The molecule has 3 aromatic rings. The van der Waals surface area contributed by atoms with Crippen LogP contribution in [0.25, 0.3) is 16.9 Å². The Morgan fingerprint density at radius 1 is 1.16 bits per heavy atom. The standard InChI is InChI=1S/C22H24F2N6O2/c1-28(2)20(31)18(19(25)21(32)29-12-9-22(23,24)13-29)15-5-3-14(4-6-15)16-8-11-30-17(27-16)7-10-26-30/h3-8,10-11,18-19H,9,12-13,25H2,1-2H3/p+1/t18-,19-/m0/s1. The number of likely N-dealkylation sites (tertiary alicyclic amines) is 1. The first-order chi connectivity index (χ1) is 15.2. The van der Waals surface area contributed by atoms with Crippen molar-refractivity contribution in [1.29, 1.82) is 0 Å². The van der Waals surface area contributed by atoms with Gasteiger partial charge in [-0.3, -0.25) is 9.59 Å². The molecule has 2 amide bonds. The third-order valence-corrected chi connectivity index (χ3v) is 5.73. The SMILES string of the molecule is CN(C)C(=O)[C@@H](c1ccc(-c2ccn3nccc3n2)cc1)[C@H]([NH3+])C(=O)N1CCC(F)(F)C1. The van der Waals surface area contributed by atoms with Crippen LogP contribution in [-0.4, -0.2) is 75.4 Å². The van der Waals surface area contributed by atoms with Crippen LogP contribution in [0.4, 0.5) is 8.78 Å². The number of halogens is 2. The summed E-state index contributed by atoms with van der Waals surface area (Å²) in [6.07, 6.45) is 3.09. The molecule has 4 rings (SSSR count). The summed E-state index contributed by atoms with van der Waals surface area (Å²) >= 11 is 0. The van der Waals surface area contributed by atoms with E-state index >= 15 is 0 Å². The van der Waals surface area contributed by atoms with Gasteiger partial charge in [0.05, 0.1) is 18.4 Å². The van der Waals surface area contributed by atoms with Crippen LogP contribution in [0, 0.1) is 0 Å². The summed E-state index contributed by atoms with van der Waals surface area (Å²) in [4.78, 5) is 32.9. The molecule has 8 nitrogen and oxygen atoms in total. The monoisotopic (exact) mass is 443 g/mol. The van der Waals surface area contributed by atoms with Gasteiger partial charge in [0, 0.05) is 44.9 Å². The van der Waals surface area contributed by atoms with Gasteiger partial charge < -0.3 is 15.5 Å². The predicted octanol–water partition coefficient (Wildman–Crippen LogP) is 1.05. The van der Waals surface area contributed by atoms with E-state index in [-0.39, 0.29) is 18.9 Å². The average molecular weight is 443 g/mol. The maximum atomic E-state index is 13.6. The Hall–Kier alpha value is -3.40. The summed E-state index contributed by atoms with van der Waals surface area (Å²) in [5.74, 6) is -4.64. The van der Waals surface area contributed by atoms with E-state index < -0.39 is 30.3 Å². The highest BCUT2D eigenvalue weighted by molar-refractivity contribution is 5.92. The number of aromatic nitrogens is 3. The molecule has 168 valence electrons. The zero-order valence-corrected chi connectivity index (χ0v) is 17.9. The van der Waals surface area contributed by atoms with Crippen molar-refractivity contribution in [2.75, 3.05) is 27.2 Å². The average Bonchev–Trinajstić information content (AvgIpc) is 3.38. The molecule has 32 heavy (non-hydrogen) atoms. The van der Waals surface area contributed by atoms with E-state index in [0.29, 0.717) is 11.2 Å². The summed E-state index contributed by atoms with van der Waals surface area (Å²) in [7, 11) is 3.19. The quantitative estimate of drug-likeness (QED) is 0.637. The lowest BCUT2D eigenvalue weighted by molar-refractivity contribution is -0.409. The Morgan fingerprint density at radius 2 is 1.88 bits per heavy atom. The minimum absolute atomic E-state index is 0.0393. The van der Waals surface area contributed by atoms with Crippen LogP contribution in [-0.2, 0) is 9.59 Å². The minimum Gasteiger partial charge on any atom is -0.348 e. The number of likely N-dealkylation sites (N-methyl/N-ethyl adjacent to an activating group) is 1. The van der Waals surface area contributed by atoms with E-state index in [1.54, 1.807) is 49.2 Å².